The van der Waals surface area contributed by atoms with E-state index in [0.29, 0.717) is 18.8 Å². The average Bonchev–Trinajstić information content (AvgIpc) is 3.36. The third kappa shape index (κ3) is 2.79. The predicted molar refractivity (Wildman–Crippen MR) is 86.2 cm³/mol. The Morgan fingerprint density at radius 2 is 2.17 bits per heavy atom. The number of piperidine rings is 1. The lowest BCUT2D eigenvalue weighted by Gasteiger charge is -2.31. The van der Waals surface area contributed by atoms with Crippen molar-refractivity contribution in [2.75, 3.05) is 13.1 Å². The van der Waals surface area contributed by atoms with E-state index in [1.54, 1.807) is 23.5 Å². The Morgan fingerprint density at radius 1 is 1.30 bits per heavy atom. The highest BCUT2D eigenvalue weighted by molar-refractivity contribution is 7.08. The summed E-state index contributed by atoms with van der Waals surface area (Å²) in [5.74, 6) is 0.370. The third-order valence-corrected chi connectivity index (χ3v) is 4.87. The summed E-state index contributed by atoms with van der Waals surface area (Å²) in [6, 6.07) is 5.78. The molecular weight excluding hydrogens is 312 g/mol. The van der Waals surface area contributed by atoms with Gasteiger partial charge in [-0.25, -0.2) is 4.68 Å². The first-order valence-electron chi connectivity index (χ1n) is 7.58. The summed E-state index contributed by atoms with van der Waals surface area (Å²) in [6.07, 6.45) is 5.27. The lowest BCUT2D eigenvalue weighted by molar-refractivity contribution is 0.0657. The molecule has 0 spiro atoms. The van der Waals surface area contributed by atoms with Gasteiger partial charge in [-0.3, -0.25) is 4.79 Å². The molecular formula is C16H16N4O2S. The van der Waals surface area contributed by atoms with Gasteiger partial charge in [0.15, 0.2) is 5.76 Å². The van der Waals surface area contributed by atoms with Gasteiger partial charge in [0.2, 0.25) is 0 Å². The van der Waals surface area contributed by atoms with Crippen LogP contribution in [0.15, 0.2) is 45.8 Å². The minimum absolute atomic E-state index is 0.0361. The first kappa shape index (κ1) is 14.2. The molecule has 0 aromatic carbocycles. The molecule has 0 aliphatic carbocycles. The Hall–Kier alpha value is -2.41. The molecule has 1 saturated heterocycles. The second-order valence-corrected chi connectivity index (χ2v) is 6.38. The molecule has 7 heteroatoms. The zero-order chi connectivity index (χ0) is 15.6. The van der Waals surface area contributed by atoms with Gasteiger partial charge in [-0.1, -0.05) is 5.21 Å². The van der Waals surface area contributed by atoms with E-state index in [1.165, 1.54) is 6.26 Å². The van der Waals surface area contributed by atoms with E-state index >= 15 is 0 Å². The normalized spacial score (nSPS) is 15.9. The maximum Gasteiger partial charge on any atom is 0.289 e. The van der Waals surface area contributed by atoms with Crippen molar-refractivity contribution in [1.29, 1.82) is 0 Å². The number of rotatable bonds is 3. The molecule has 4 heterocycles. The van der Waals surface area contributed by atoms with Crippen LogP contribution in [0, 0.1) is 0 Å². The monoisotopic (exact) mass is 328 g/mol. The zero-order valence-electron chi connectivity index (χ0n) is 12.5. The molecule has 6 nitrogen and oxygen atoms in total. The van der Waals surface area contributed by atoms with Gasteiger partial charge < -0.3 is 9.32 Å². The summed E-state index contributed by atoms with van der Waals surface area (Å²) < 4.78 is 7.12. The number of carbonyl (C=O) groups excluding carboxylic acids is 1. The molecule has 1 aliphatic rings. The molecule has 0 radical (unpaired) electrons. The molecule has 1 aliphatic heterocycles. The topological polar surface area (TPSA) is 64.2 Å². The number of carbonyl (C=O) groups is 1. The van der Waals surface area contributed by atoms with Crippen LogP contribution in [-0.4, -0.2) is 38.9 Å². The standard InChI is InChI=1S/C16H16N4O2S/c21-16(15-2-1-8-22-15)19-6-3-13(4-7-19)20-10-14(17-18-20)12-5-9-23-11-12/h1-2,5,8-11,13H,3-4,6-7H2. The second-order valence-electron chi connectivity index (χ2n) is 5.60. The Balaban J connectivity index is 1.41. The van der Waals surface area contributed by atoms with Crippen molar-refractivity contribution < 1.29 is 9.21 Å². The van der Waals surface area contributed by atoms with E-state index in [1.807, 2.05) is 27.2 Å². The fourth-order valence-corrected chi connectivity index (χ4v) is 3.54. The molecule has 0 atom stereocenters. The summed E-state index contributed by atoms with van der Waals surface area (Å²) in [7, 11) is 0. The number of aromatic nitrogens is 3. The van der Waals surface area contributed by atoms with Crippen molar-refractivity contribution in [2.45, 2.75) is 18.9 Å². The zero-order valence-corrected chi connectivity index (χ0v) is 13.3. The maximum absolute atomic E-state index is 12.3. The molecule has 3 aromatic heterocycles. The number of nitrogens with zero attached hydrogens (tertiary/aromatic N) is 4. The molecule has 23 heavy (non-hydrogen) atoms. The fraction of sp³-hybridized carbons (Fsp3) is 0.312. The first-order valence-corrected chi connectivity index (χ1v) is 8.53. The van der Waals surface area contributed by atoms with E-state index in [9.17, 15) is 4.79 Å². The molecule has 0 N–H and O–H groups in total. The third-order valence-electron chi connectivity index (χ3n) is 4.19. The van der Waals surface area contributed by atoms with Crippen molar-refractivity contribution in [3.63, 3.8) is 0 Å². The van der Waals surface area contributed by atoms with Gasteiger partial charge in [0, 0.05) is 24.0 Å². The van der Waals surface area contributed by atoms with Crippen LogP contribution < -0.4 is 0 Å². The van der Waals surface area contributed by atoms with Crippen LogP contribution in [0.4, 0.5) is 0 Å². The lowest BCUT2D eigenvalue weighted by Crippen LogP contribution is -2.39. The second kappa shape index (κ2) is 6.00. The minimum atomic E-state index is -0.0361. The highest BCUT2D eigenvalue weighted by Crippen LogP contribution is 2.25. The van der Waals surface area contributed by atoms with Crippen molar-refractivity contribution in [3.05, 3.63) is 47.2 Å². The molecule has 4 rings (SSSR count). The lowest BCUT2D eigenvalue weighted by atomic mass is 10.0. The number of hydrogen-bond donors (Lipinski definition) is 0. The number of furan rings is 1. The van der Waals surface area contributed by atoms with E-state index in [4.69, 9.17) is 4.42 Å². The Kier molecular flexibility index (Phi) is 3.70. The number of likely N-dealkylation sites (tertiary alicyclic amines) is 1. The van der Waals surface area contributed by atoms with Crippen molar-refractivity contribution in [3.8, 4) is 11.3 Å². The summed E-state index contributed by atoms with van der Waals surface area (Å²) in [5, 5.41) is 12.6. The summed E-state index contributed by atoms with van der Waals surface area (Å²) in [6.45, 7) is 1.41. The summed E-state index contributed by atoms with van der Waals surface area (Å²) in [4.78, 5) is 14.1. The van der Waals surface area contributed by atoms with E-state index < -0.39 is 0 Å². The highest BCUT2D eigenvalue weighted by Gasteiger charge is 2.26. The van der Waals surface area contributed by atoms with Crippen molar-refractivity contribution in [1.82, 2.24) is 19.9 Å². The van der Waals surface area contributed by atoms with E-state index in [0.717, 1.165) is 24.1 Å². The van der Waals surface area contributed by atoms with Crippen LogP contribution in [0.3, 0.4) is 0 Å². The Bertz CT molecular complexity index is 771. The molecule has 3 aromatic rings. The largest absolute Gasteiger partial charge is 0.459 e. The van der Waals surface area contributed by atoms with Crippen LogP contribution in [0.25, 0.3) is 11.3 Å². The van der Waals surface area contributed by atoms with E-state index in [2.05, 4.69) is 15.7 Å². The quantitative estimate of drug-likeness (QED) is 0.741. The van der Waals surface area contributed by atoms with Gasteiger partial charge >= 0.3 is 0 Å². The fourth-order valence-electron chi connectivity index (χ4n) is 2.89. The van der Waals surface area contributed by atoms with E-state index in [-0.39, 0.29) is 11.9 Å². The van der Waals surface area contributed by atoms with Gasteiger partial charge in [-0.15, -0.1) is 5.10 Å². The average molecular weight is 328 g/mol. The molecule has 0 unspecified atom stereocenters. The predicted octanol–water partition coefficient (Wildman–Crippen LogP) is 3.08. The van der Waals surface area contributed by atoms with Crippen LogP contribution in [0.5, 0.6) is 0 Å². The number of thiophene rings is 1. The van der Waals surface area contributed by atoms with Gasteiger partial charge in [-0.05, 0) is 36.4 Å². The molecule has 1 amide bonds. The van der Waals surface area contributed by atoms with Crippen LogP contribution in [0.1, 0.15) is 29.4 Å². The Morgan fingerprint density at radius 3 is 2.87 bits per heavy atom. The summed E-state index contributed by atoms with van der Waals surface area (Å²) in [5.41, 5.74) is 2.01. The molecule has 118 valence electrons. The smallest absolute Gasteiger partial charge is 0.289 e. The van der Waals surface area contributed by atoms with Crippen LogP contribution in [-0.2, 0) is 0 Å². The van der Waals surface area contributed by atoms with Crippen LogP contribution >= 0.6 is 11.3 Å². The van der Waals surface area contributed by atoms with Crippen LogP contribution in [0.2, 0.25) is 0 Å². The first-order chi connectivity index (χ1) is 11.3. The van der Waals surface area contributed by atoms with Gasteiger partial charge in [0.05, 0.1) is 18.5 Å². The van der Waals surface area contributed by atoms with Crippen molar-refractivity contribution in [2.24, 2.45) is 0 Å². The number of hydrogen-bond acceptors (Lipinski definition) is 5. The summed E-state index contributed by atoms with van der Waals surface area (Å²) >= 11 is 1.65. The van der Waals surface area contributed by atoms with Gasteiger partial charge in [-0.2, -0.15) is 11.3 Å². The Labute approximate surface area is 137 Å². The SMILES string of the molecule is O=C(c1ccco1)N1CCC(n2cc(-c3ccsc3)nn2)CC1. The molecule has 0 bridgehead atoms. The molecule has 0 saturated carbocycles. The maximum atomic E-state index is 12.3. The highest BCUT2D eigenvalue weighted by atomic mass is 32.1. The van der Waals surface area contributed by atoms with Gasteiger partial charge in [0.25, 0.3) is 5.91 Å². The van der Waals surface area contributed by atoms with Crippen molar-refractivity contribution >= 4 is 17.2 Å². The van der Waals surface area contributed by atoms with Gasteiger partial charge in [0.1, 0.15) is 5.69 Å². The minimum Gasteiger partial charge on any atom is -0.459 e. The molecule has 1 fully saturated rings. The number of amides is 1.